The number of ether oxygens (including phenoxy) is 2. The normalized spacial score (nSPS) is 22.6. The molecule has 1 saturated heterocycles. The van der Waals surface area contributed by atoms with Crippen LogP contribution in [0.1, 0.15) is 37.3 Å². The van der Waals surface area contributed by atoms with Gasteiger partial charge in [0.1, 0.15) is 6.10 Å². The van der Waals surface area contributed by atoms with E-state index in [0.717, 1.165) is 32.3 Å². The number of amides is 1. The molecular weight excluding hydrogens is 290 g/mol. The van der Waals surface area contributed by atoms with Crippen LogP contribution in [0.4, 0.5) is 0 Å². The summed E-state index contributed by atoms with van der Waals surface area (Å²) in [7, 11) is 1.90. The topological polar surface area (TPSA) is 38.8 Å². The molecule has 2 atom stereocenters. The van der Waals surface area contributed by atoms with Crippen LogP contribution in [0.2, 0.25) is 0 Å². The van der Waals surface area contributed by atoms with E-state index in [9.17, 15) is 4.79 Å². The Morgan fingerprint density at radius 1 is 1.30 bits per heavy atom. The molecule has 4 heteroatoms. The van der Waals surface area contributed by atoms with Gasteiger partial charge in [0, 0.05) is 19.7 Å². The number of carbonyl (C=O) groups excluding carboxylic acids is 1. The van der Waals surface area contributed by atoms with Gasteiger partial charge < -0.3 is 14.4 Å². The first kappa shape index (κ1) is 16.5. The summed E-state index contributed by atoms with van der Waals surface area (Å²) in [6, 6.07) is 8.71. The summed E-state index contributed by atoms with van der Waals surface area (Å²) in [4.78, 5) is 14.5. The van der Waals surface area contributed by atoms with Crippen LogP contribution in [-0.2, 0) is 27.1 Å². The monoisotopic (exact) mass is 317 g/mol. The quantitative estimate of drug-likeness (QED) is 0.838. The van der Waals surface area contributed by atoms with Crippen molar-refractivity contribution >= 4 is 5.91 Å². The molecule has 0 saturated carbocycles. The smallest absolute Gasteiger partial charge is 0.251 e. The Morgan fingerprint density at radius 3 is 2.61 bits per heavy atom. The van der Waals surface area contributed by atoms with Gasteiger partial charge in [-0.15, -0.1) is 0 Å². The van der Waals surface area contributed by atoms with Crippen molar-refractivity contribution in [2.75, 3.05) is 20.3 Å². The zero-order valence-corrected chi connectivity index (χ0v) is 14.2. The second kappa shape index (κ2) is 7.45. The summed E-state index contributed by atoms with van der Waals surface area (Å²) in [5.74, 6) is 0.0682. The van der Waals surface area contributed by atoms with E-state index in [1.54, 1.807) is 0 Å². The third-order valence-corrected chi connectivity index (χ3v) is 5.08. The van der Waals surface area contributed by atoms with Crippen LogP contribution in [0.25, 0.3) is 0 Å². The minimum atomic E-state index is -0.408. The van der Waals surface area contributed by atoms with Crippen molar-refractivity contribution < 1.29 is 14.3 Å². The molecule has 0 aromatic heterocycles. The summed E-state index contributed by atoms with van der Waals surface area (Å²) < 4.78 is 11.4. The molecule has 1 fully saturated rings. The first-order valence-electron chi connectivity index (χ1n) is 8.72. The Balaban J connectivity index is 1.49. The molecule has 2 aliphatic rings. The minimum Gasteiger partial charge on any atom is -0.376 e. The van der Waals surface area contributed by atoms with Crippen LogP contribution >= 0.6 is 0 Å². The van der Waals surface area contributed by atoms with E-state index in [0.29, 0.717) is 6.61 Å². The SMILES string of the molecule is C[C@@H](OC[C@@H]1CCCCO1)C(=O)N(C)C1Cc2ccccc2C1. The molecule has 3 rings (SSSR count). The Labute approximate surface area is 138 Å². The highest BCUT2D eigenvalue weighted by molar-refractivity contribution is 5.80. The summed E-state index contributed by atoms with van der Waals surface area (Å²) in [5.41, 5.74) is 2.72. The van der Waals surface area contributed by atoms with E-state index in [1.807, 2.05) is 18.9 Å². The number of hydrogen-bond donors (Lipinski definition) is 0. The maximum Gasteiger partial charge on any atom is 0.251 e. The van der Waals surface area contributed by atoms with Crippen molar-refractivity contribution in [3.63, 3.8) is 0 Å². The number of nitrogens with zero attached hydrogens (tertiary/aromatic N) is 1. The van der Waals surface area contributed by atoms with Crippen molar-refractivity contribution in [3.8, 4) is 0 Å². The lowest BCUT2D eigenvalue weighted by atomic mass is 10.1. The summed E-state index contributed by atoms with van der Waals surface area (Å²) in [6.07, 6.45) is 4.99. The standard InChI is InChI=1S/C19H27NO3/c1-14(23-13-18-9-5-6-10-22-18)19(21)20(2)17-11-15-7-3-4-8-16(15)12-17/h3-4,7-8,14,17-18H,5-6,9-13H2,1-2H3/t14-,18+/m1/s1. The summed E-state index contributed by atoms with van der Waals surface area (Å²) >= 11 is 0. The molecule has 0 bridgehead atoms. The lowest BCUT2D eigenvalue weighted by Crippen LogP contribution is -2.44. The van der Waals surface area contributed by atoms with Gasteiger partial charge in [0.2, 0.25) is 0 Å². The number of carbonyl (C=O) groups is 1. The number of benzene rings is 1. The van der Waals surface area contributed by atoms with Crippen molar-refractivity contribution in [2.24, 2.45) is 0 Å². The molecule has 1 aliphatic heterocycles. The first-order chi connectivity index (χ1) is 11.1. The van der Waals surface area contributed by atoms with Gasteiger partial charge >= 0.3 is 0 Å². The lowest BCUT2D eigenvalue weighted by Gasteiger charge is -2.29. The predicted octanol–water partition coefficient (Wildman–Crippen LogP) is 2.59. The van der Waals surface area contributed by atoms with Gasteiger partial charge in [0.15, 0.2) is 0 Å². The maximum absolute atomic E-state index is 12.6. The molecule has 126 valence electrons. The van der Waals surface area contributed by atoms with Gasteiger partial charge in [-0.1, -0.05) is 24.3 Å². The van der Waals surface area contributed by atoms with Gasteiger partial charge in [-0.3, -0.25) is 4.79 Å². The molecule has 4 nitrogen and oxygen atoms in total. The molecule has 1 amide bonds. The maximum atomic E-state index is 12.6. The van der Waals surface area contributed by atoms with Gasteiger partial charge in [-0.25, -0.2) is 0 Å². The third-order valence-electron chi connectivity index (χ3n) is 5.08. The fourth-order valence-corrected chi connectivity index (χ4v) is 3.54. The molecule has 1 aromatic rings. The fraction of sp³-hybridized carbons (Fsp3) is 0.632. The van der Waals surface area contributed by atoms with E-state index in [2.05, 4.69) is 24.3 Å². The van der Waals surface area contributed by atoms with E-state index in [1.165, 1.54) is 17.5 Å². The van der Waals surface area contributed by atoms with Crippen LogP contribution in [0.15, 0.2) is 24.3 Å². The van der Waals surface area contributed by atoms with Crippen LogP contribution in [-0.4, -0.2) is 49.3 Å². The number of rotatable bonds is 5. The van der Waals surface area contributed by atoms with Gasteiger partial charge in [-0.05, 0) is 50.2 Å². The number of hydrogen-bond acceptors (Lipinski definition) is 3. The molecule has 1 aliphatic carbocycles. The Hall–Kier alpha value is -1.39. The van der Waals surface area contributed by atoms with E-state index >= 15 is 0 Å². The molecule has 0 unspecified atom stereocenters. The predicted molar refractivity (Wildman–Crippen MR) is 89.4 cm³/mol. The highest BCUT2D eigenvalue weighted by Gasteiger charge is 2.30. The Morgan fingerprint density at radius 2 is 2.00 bits per heavy atom. The van der Waals surface area contributed by atoms with Gasteiger partial charge in [0.05, 0.1) is 12.7 Å². The highest BCUT2D eigenvalue weighted by Crippen LogP contribution is 2.25. The highest BCUT2D eigenvalue weighted by atomic mass is 16.5. The second-order valence-electron chi connectivity index (χ2n) is 6.74. The zero-order valence-electron chi connectivity index (χ0n) is 14.2. The molecule has 0 radical (unpaired) electrons. The largest absolute Gasteiger partial charge is 0.376 e. The van der Waals surface area contributed by atoms with Crippen molar-refractivity contribution in [1.29, 1.82) is 0 Å². The van der Waals surface area contributed by atoms with Crippen LogP contribution in [0.5, 0.6) is 0 Å². The lowest BCUT2D eigenvalue weighted by molar-refractivity contribution is -0.146. The van der Waals surface area contributed by atoms with Crippen LogP contribution in [0, 0.1) is 0 Å². The minimum absolute atomic E-state index is 0.0682. The summed E-state index contributed by atoms with van der Waals surface area (Å²) in [6.45, 7) is 3.19. The molecule has 1 heterocycles. The van der Waals surface area contributed by atoms with Crippen molar-refractivity contribution in [1.82, 2.24) is 4.90 Å². The second-order valence-corrected chi connectivity index (χ2v) is 6.74. The first-order valence-corrected chi connectivity index (χ1v) is 8.72. The third kappa shape index (κ3) is 3.93. The van der Waals surface area contributed by atoms with Crippen molar-refractivity contribution in [3.05, 3.63) is 35.4 Å². The molecule has 1 aromatic carbocycles. The Kier molecular flexibility index (Phi) is 5.34. The van der Waals surface area contributed by atoms with Crippen LogP contribution in [0.3, 0.4) is 0 Å². The van der Waals surface area contributed by atoms with Gasteiger partial charge in [0.25, 0.3) is 5.91 Å². The average Bonchev–Trinajstić information content (AvgIpc) is 3.03. The van der Waals surface area contributed by atoms with E-state index in [4.69, 9.17) is 9.47 Å². The average molecular weight is 317 g/mol. The van der Waals surface area contributed by atoms with Crippen LogP contribution < -0.4 is 0 Å². The molecular formula is C19H27NO3. The summed E-state index contributed by atoms with van der Waals surface area (Å²) in [5, 5.41) is 0. The Bertz CT molecular complexity index is 514. The molecule has 0 spiro atoms. The molecule has 0 N–H and O–H groups in total. The van der Waals surface area contributed by atoms with E-state index in [-0.39, 0.29) is 18.1 Å². The van der Waals surface area contributed by atoms with Gasteiger partial charge in [-0.2, -0.15) is 0 Å². The molecule has 23 heavy (non-hydrogen) atoms. The number of fused-ring (bicyclic) bond motifs is 1. The number of likely N-dealkylation sites (N-methyl/N-ethyl adjacent to an activating group) is 1. The zero-order chi connectivity index (χ0) is 16.2. The van der Waals surface area contributed by atoms with E-state index < -0.39 is 6.10 Å². The van der Waals surface area contributed by atoms with Crippen molar-refractivity contribution in [2.45, 2.75) is 57.3 Å². The fourth-order valence-electron chi connectivity index (χ4n) is 3.54.